The van der Waals surface area contributed by atoms with Crippen LogP contribution in [-0.4, -0.2) is 15.8 Å². The Bertz CT molecular complexity index is 774. The van der Waals surface area contributed by atoms with Gasteiger partial charge in [-0.1, -0.05) is 24.3 Å². The molecule has 0 aliphatic heterocycles. The van der Waals surface area contributed by atoms with Crippen LogP contribution in [0.15, 0.2) is 67.1 Å². The summed E-state index contributed by atoms with van der Waals surface area (Å²) in [5, 5.41) is 1.03. The average molecular weight is 260 g/mol. The van der Waals surface area contributed by atoms with Gasteiger partial charge < -0.3 is 0 Å². The quantitative estimate of drug-likeness (QED) is 0.534. The van der Waals surface area contributed by atoms with E-state index in [1.807, 2.05) is 36.4 Å². The van der Waals surface area contributed by atoms with Crippen LogP contribution in [-0.2, 0) is 0 Å². The fourth-order valence-electron chi connectivity index (χ4n) is 2.04. The molecule has 0 saturated carbocycles. The third-order valence-corrected chi connectivity index (χ3v) is 3.04. The zero-order chi connectivity index (χ0) is 13.8. The Morgan fingerprint density at radius 1 is 1.00 bits per heavy atom. The van der Waals surface area contributed by atoms with E-state index >= 15 is 0 Å². The van der Waals surface area contributed by atoms with Crippen molar-refractivity contribution < 1.29 is 4.79 Å². The highest BCUT2D eigenvalue weighted by atomic mass is 16.1. The van der Waals surface area contributed by atoms with E-state index < -0.39 is 0 Å². The lowest BCUT2D eigenvalue weighted by Crippen LogP contribution is -1.94. The van der Waals surface area contributed by atoms with E-state index in [4.69, 9.17) is 0 Å². The monoisotopic (exact) mass is 260 g/mol. The number of fused-ring (bicyclic) bond motifs is 1. The molecule has 0 spiro atoms. The number of pyridine rings is 2. The van der Waals surface area contributed by atoms with Crippen LogP contribution in [0.25, 0.3) is 17.0 Å². The van der Waals surface area contributed by atoms with Crippen molar-refractivity contribution in [2.45, 2.75) is 0 Å². The molecule has 1 aromatic carbocycles. The summed E-state index contributed by atoms with van der Waals surface area (Å²) in [4.78, 5) is 20.3. The second-order valence-corrected chi connectivity index (χ2v) is 4.36. The molecule has 0 atom stereocenters. The second-order valence-electron chi connectivity index (χ2n) is 4.36. The van der Waals surface area contributed by atoms with E-state index in [1.165, 1.54) is 0 Å². The molecule has 0 saturated heterocycles. The normalized spacial score (nSPS) is 11.0. The number of aromatic nitrogens is 2. The lowest BCUT2D eigenvalue weighted by Gasteiger charge is -2.00. The van der Waals surface area contributed by atoms with Gasteiger partial charge in [0.25, 0.3) is 0 Å². The van der Waals surface area contributed by atoms with Crippen molar-refractivity contribution in [1.82, 2.24) is 9.97 Å². The summed E-state index contributed by atoms with van der Waals surface area (Å²) in [5.74, 6) is -0.0565. The smallest absolute Gasteiger partial charge is 0.187 e. The topological polar surface area (TPSA) is 42.9 Å². The predicted molar refractivity (Wildman–Crippen MR) is 79.3 cm³/mol. The molecular formula is C17H12N2O. The highest BCUT2D eigenvalue weighted by molar-refractivity contribution is 6.07. The van der Waals surface area contributed by atoms with Gasteiger partial charge in [0, 0.05) is 29.5 Å². The maximum atomic E-state index is 12.0. The van der Waals surface area contributed by atoms with Gasteiger partial charge >= 0.3 is 0 Å². The molecular weight excluding hydrogens is 248 g/mol. The average Bonchev–Trinajstić information content (AvgIpc) is 2.53. The minimum Gasteiger partial charge on any atom is -0.289 e. The van der Waals surface area contributed by atoms with Crippen LogP contribution in [0, 0.1) is 0 Å². The highest BCUT2D eigenvalue weighted by Crippen LogP contribution is 2.17. The summed E-state index contributed by atoms with van der Waals surface area (Å²) in [6, 6.07) is 13.3. The van der Waals surface area contributed by atoms with Gasteiger partial charge in [-0.05, 0) is 35.9 Å². The molecule has 3 rings (SSSR count). The third kappa shape index (κ3) is 2.47. The first kappa shape index (κ1) is 12.2. The SMILES string of the molecule is O=C(C=Cc1cccc2ncccc12)c1cccnc1. The highest BCUT2D eigenvalue weighted by Gasteiger charge is 2.02. The molecule has 2 aromatic heterocycles. The van der Waals surface area contributed by atoms with Gasteiger partial charge in [0.05, 0.1) is 5.52 Å². The predicted octanol–water partition coefficient (Wildman–Crippen LogP) is 3.53. The Morgan fingerprint density at radius 3 is 2.75 bits per heavy atom. The van der Waals surface area contributed by atoms with Crippen LogP contribution in [0.1, 0.15) is 15.9 Å². The Kier molecular flexibility index (Phi) is 3.33. The standard InChI is InChI=1S/C17H12N2O/c20-17(14-5-2-10-18-12-14)9-8-13-4-1-7-16-15(13)6-3-11-19-16/h1-12H. The number of ketones is 1. The van der Waals surface area contributed by atoms with Crippen molar-refractivity contribution in [1.29, 1.82) is 0 Å². The Hall–Kier alpha value is -2.81. The second kappa shape index (κ2) is 5.45. The molecule has 0 aliphatic rings. The van der Waals surface area contributed by atoms with Crippen LogP contribution in [0.3, 0.4) is 0 Å². The third-order valence-electron chi connectivity index (χ3n) is 3.04. The molecule has 0 unspecified atom stereocenters. The molecule has 0 fully saturated rings. The van der Waals surface area contributed by atoms with Crippen LogP contribution in [0.2, 0.25) is 0 Å². The zero-order valence-corrected chi connectivity index (χ0v) is 10.7. The van der Waals surface area contributed by atoms with E-state index in [2.05, 4.69) is 9.97 Å². The molecule has 0 aliphatic carbocycles. The van der Waals surface area contributed by atoms with Crippen molar-refractivity contribution in [3.05, 3.63) is 78.3 Å². The zero-order valence-electron chi connectivity index (χ0n) is 10.7. The fraction of sp³-hybridized carbons (Fsp3) is 0. The lowest BCUT2D eigenvalue weighted by molar-refractivity contribution is 0.104. The minimum atomic E-state index is -0.0565. The maximum Gasteiger partial charge on any atom is 0.187 e. The first-order chi connectivity index (χ1) is 9.84. The summed E-state index contributed by atoms with van der Waals surface area (Å²) in [7, 11) is 0. The first-order valence-electron chi connectivity index (χ1n) is 6.31. The molecule has 0 bridgehead atoms. The Balaban J connectivity index is 1.94. The lowest BCUT2D eigenvalue weighted by atomic mass is 10.1. The van der Waals surface area contributed by atoms with Crippen molar-refractivity contribution in [2.24, 2.45) is 0 Å². The molecule has 3 heteroatoms. The van der Waals surface area contributed by atoms with Crippen molar-refractivity contribution in [3.63, 3.8) is 0 Å². The van der Waals surface area contributed by atoms with Gasteiger partial charge in [-0.15, -0.1) is 0 Å². The fourth-order valence-corrected chi connectivity index (χ4v) is 2.04. The van der Waals surface area contributed by atoms with E-state index in [1.54, 1.807) is 36.8 Å². The van der Waals surface area contributed by atoms with E-state index in [0.717, 1.165) is 16.5 Å². The van der Waals surface area contributed by atoms with E-state index in [-0.39, 0.29) is 5.78 Å². The summed E-state index contributed by atoms with van der Waals surface area (Å²) in [5.41, 5.74) is 2.48. The van der Waals surface area contributed by atoms with Gasteiger partial charge in [-0.25, -0.2) is 0 Å². The number of hydrogen-bond acceptors (Lipinski definition) is 3. The number of rotatable bonds is 3. The van der Waals surface area contributed by atoms with Gasteiger partial charge in [-0.2, -0.15) is 0 Å². The summed E-state index contributed by atoms with van der Waals surface area (Å²) in [6.45, 7) is 0. The number of benzene rings is 1. The first-order valence-corrected chi connectivity index (χ1v) is 6.31. The van der Waals surface area contributed by atoms with Gasteiger partial charge in [0.2, 0.25) is 0 Å². The van der Waals surface area contributed by atoms with Crippen LogP contribution in [0.5, 0.6) is 0 Å². The summed E-state index contributed by atoms with van der Waals surface area (Å²) in [6.07, 6.45) is 8.36. The Labute approximate surface area is 116 Å². The largest absolute Gasteiger partial charge is 0.289 e. The minimum absolute atomic E-state index is 0.0565. The van der Waals surface area contributed by atoms with Crippen LogP contribution < -0.4 is 0 Å². The van der Waals surface area contributed by atoms with Crippen molar-refractivity contribution in [3.8, 4) is 0 Å². The van der Waals surface area contributed by atoms with E-state index in [9.17, 15) is 4.79 Å². The molecule has 96 valence electrons. The molecule has 3 nitrogen and oxygen atoms in total. The van der Waals surface area contributed by atoms with Gasteiger partial charge in [0.1, 0.15) is 0 Å². The number of carbonyl (C=O) groups is 1. The molecule has 0 radical (unpaired) electrons. The summed E-state index contributed by atoms with van der Waals surface area (Å²) < 4.78 is 0. The molecule has 2 heterocycles. The van der Waals surface area contributed by atoms with Crippen molar-refractivity contribution >= 4 is 22.8 Å². The number of carbonyl (C=O) groups excluding carboxylic acids is 1. The molecule has 0 amide bonds. The number of hydrogen-bond donors (Lipinski definition) is 0. The van der Waals surface area contributed by atoms with Gasteiger partial charge in [-0.3, -0.25) is 14.8 Å². The number of allylic oxidation sites excluding steroid dienone is 1. The van der Waals surface area contributed by atoms with E-state index in [0.29, 0.717) is 5.56 Å². The van der Waals surface area contributed by atoms with Gasteiger partial charge in [0.15, 0.2) is 5.78 Å². The Morgan fingerprint density at radius 2 is 1.90 bits per heavy atom. The molecule has 20 heavy (non-hydrogen) atoms. The van der Waals surface area contributed by atoms with Crippen LogP contribution in [0.4, 0.5) is 0 Å². The maximum absolute atomic E-state index is 12.0. The van der Waals surface area contributed by atoms with Crippen molar-refractivity contribution in [2.75, 3.05) is 0 Å². The number of nitrogens with zero attached hydrogens (tertiary/aromatic N) is 2. The molecule has 3 aromatic rings. The summed E-state index contributed by atoms with van der Waals surface area (Å²) >= 11 is 0. The van der Waals surface area contributed by atoms with Crippen LogP contribution >= 0.6 is 0 Å². The molecule has 0 N–H and O–H groups in total.